The van der Waals surface area contributed by atoms with Crippen molar-refractivity contribution >= 4 is 11.6 Å². The number of anilines is 2. The summed E-state index contributed by atoms with van der Waals surface area (Å²) in [6.07, 6.45) is 2.42. The van der Waals surface area contributed by atoms with E-state index in [0.717, 1.165) is 23.8 Å². The van der Waals surface area contributed by atoms with Crippen molar-refractivity contribution < 1.29 is 4.52 Å². The Kier molecular flexibility index (Phi) is 3.21. The molecular formula is C14H18N4O. The zero-order valence-corrected chi connectivity index (χ0v) is 11.3. The van der Waals surface area contributed by atoms with Crippen molar-refractivity contribution in [3.63, 3.8) is 0 Å². The number of pyridine rings is 1. The summed E-state index contributed by atoms with van der Waals surface area (Å²) in [5.74, 6) is 2.29. The maximum absolute atomic E-state index is 5.04. The number of rotatable bonds is 3. The van der Waals surface area contributed by atoms with Gasteiger partial charge in [-0.2, -0.15) is 0 Å². The van der Waals surface area contributed by atoms with Gasteiger partial charge in [-0.05, 0) is 45.5 Å². The summed E-state index contributed by atoms with van der Waals surface area (Å²) in [5.41, 5.74) is 1.12. The molecule has 0 radical (unpaired) electrons. The molecule has 5 heteroatoms. The fourth-order valence-corrected chi connectivity index (χ4v) is 2.55. The summed E-state index contributed by atoms with van der Waals surface area (Å²) < 4.78 is 5.04. The Hall–Kier alpha value is -1.88. The van der Waals surface area contributed by atoms with Gasteiger partial charge in [0.05, 0.1) is 11.7 Å². The highest BCUT2D eigenvalue weighted by Gasteiger charge is 2.23. The standard InChI is InChI=1S/C14H18N4O/c1-10-9-14(17-19-10)16-13-7-3-5-11(15-13)12-6-4-8-18(12)2/h3,5,7,9,12H,4,6,8H2,1-2H3,(H,15,16,17)/t12-/m0/s1. The van der Waals surface area contributed by atoms with Gasteiger partial charge in [-0.3, -0.25) is 4.90 Å². The minimum Gasteiger partial charge on any atom is -0.360 e. The van der Waals surface area contributed by atoms with Crippen LogP contribution in [0.3, 0.4) is 0 Å². The van der Waals surface area contributed by atoms with Crippen molar-refractivity contribution in [3.8, 4) is 0 Å². The maximum atomic E-state index is 5.04. The molecule has 2 aromatic heterocycles. The molecule has 0 aromatic carbocycles. The first-order valence-corrected chi connectivity index (χ1v) is 6.60. The zero-order valence-electron chi connectivity index (χ0n) is 11.3. The Labute approximate surface area is 112 Å². The normalized spacial score (nSPS) is 19.8. The van der Waals surface area contributed by atoms with E-state index in [2.05, 4.69) is 33.5 Å². The SMILES string of the molecule is Cc1cc(Nc2cccc([C@@H]3CCCN3C)n2)no1. The molecule has 0 bridgehead atoms. The van der Waals surface area contributed by atoms with Crippen LogP contribution in [0.5, 0.6) is 0 Å². The third-order valence-corrected chi connectivity index (χ3v) is 3.52. The predicted molar refractivity (Wildman–Crippen MR) is 73.4 cm³/mol. The molecular weight excluding hydrogens is 240 g/mol. The first-order chi connectivity index (χ1) is 9.22. The Morgan fingerprint density at radius 1 is 1.37 bits per heavy atom. The van der Waals surface area contributed by atoms with Crippen LogP contribution in [-0.2, 0) is 0 Å². The van der Waals surface area contributed by atoms with E-state index < -0.39 is 0 Å². The molecule has 0 amide bonds. The van der Waals surface area contributed by atoms with Crippen LogP contribution in [0.2, 0.25) is 0 Å². The largest absolute Gasteiger partial charge is 0.360 e. The summed E-state index contributed by atoms with van der Waals surface area (Å²) in [7, 11) is 2.15. The zero-order chi connectivity index (χ0) is 13.2. The summed E-state index contributed by atoms with van der Waals surface area (Å²) in [4.78, 5) is 7.03. The summed E-state index contributed by atoms with van der Waals surface area (Å²) >= 11 is 0. The van der Waals surface area contributed by atoms with Gasteiger partial charge in [0.1, 0.15) is 11.6 Å². The highest BCUT2D eigenvalue weighted by atomic mass is 16.5. The van der Waals surface area contributed by atoms with E-state index in [0.29, 0.717) is 11.9 Å². The number of nitrogens with zero attached hydrogens (tertiary/aromatic N) is 3. The van der Waals surface area contributed by atoms with Crippen LogP contribution in [0.1, 0.15) is 30.3 Å². The van der Waals surface area contributed by atoms with E-state index in [4.69, 9.17) is 4.52 Å². The van der Waals surface area contributed by atoms with E-state index >= 15 is 0 Å². The van der Waals surface area contributed by atoms with E-state index in [1.54, 1.807) is 0 Å². The lowest BCUT2D eigenvalue weighted by atomic mass is 10.1. The number of hydrogen-bond acceptors (Lipinski definition) is 5. The Morgan fingerprint density at radius 2 is 2.26 bits per heavy atom. The van der Waals surface area contributed by atoms with Crippen molar-refractivity contribution in [2.45, 2.75) is 25.8 Å². The van der Waals surface area contributed by atoms with Crippen molar-refractivity contribution in [2.75, 3.05) is 18.9 Å². The number of hydrogen-bond donors (Lipinski definition) is 1. The summed E-state index contributed by atoms with van der Waals surface area (Å²) in [6, 6.07) is 8.36. The highest BCUT2D eigenvalue weighted by molar-refractivity contribution is 5.51. The van der Waals surface area contributed by atoms with Gasteiger partial charge < -0.3 is 9.84 Å². The molecule has 5 nitrogen and oxygen atoms in total. The van der Waals surface area contributed by atoms with Crippen molar-refractivity contribution in [1.82, 2.24) is 15.0 Å². The number of aryl methyl sites for hydroxylation is 1. The van der Waals surface area contributed by atoms with E-state index in [1.807, 2.05) is 25.1 Å². The monoisotopic (exact) mass is 258 g/mol. The molecule has 1 saturated heterocycles. The lowest BCUT2D eigenvalue weighted by molar-refractivity contribution is 0.312. The van der Waals surface area contributed by atoms with Gasteiger partial charge in [-0.1, -0.05) is 11.2 Å². The van der Waals surface area contributed by atoms with Crippen molar-refractivity contribution in [1.29, 1.82) is 0 Å². The molecule has 1 aliphatic rings. The average Bonchev–Trinajstić information content (AvgIpc) is 2.99. The van der Waals surface area contributed by atoms with Crippen LogP contribution in [-0.4, -0.2) is 28.6 Å². The first-order valence-electron chi connectivity index (χ1n) is 6.60. The minimum absolute atomic E-state index is 0.431. The van der Waals surface area contributed by atoms with Gasteiger partial charge in [0.15, 0.2) is 5.82 Å². The average molecular weight is 258 g/mol. The van der Waals surface area contributed by atoms with Crippen molar-refractivity contribution in [3.05, 3.63) is 35.7 Å². The van der Waals surface area contributed by atoms with Crippen LogP contribution in [0.25, 0.3) is 0 Å². The van der Waals surface area contributed by atoms with Crippen LogP contribution in [0.15, 0.2) is 28.8 Å². The van der Waals surface area contributed by atoms with Gasteiger partial charge in [0.25, 0.3) is 0 Å². The number of likely N-dealkylation sites (tertiary alicyclic amines) is 1. The second-order valence-corrected chi connectivity index (χ2v) is 5.03. The molecule has 0 unspecified atom stereocenters. The Balaban J connectivity index is 1.79. The maximum Gasteiger partial charge on any atom is 0.175 e. The summed E-state index contributed by atoms with van der Waals surface area (Å²) in [6.45, 7) is 3.02. The highest BCUT2D eigenvalue weighted by Crippen LogP contribution is 2.29. The fourth-order valence-electron chi connectivity index (χ4n) is 2.55. The van der Waals surface area contributed by atoms with Gasteiger partial charge in [0, 0.05) is 6.07 Å². The third kappa shape index (κ3) is 2.61. The minimum atomic E-state index is 0.431. The van der Waals surface area contributed by atoms with Gasteiger partial charge in [-0.25, -0.2) is 4.98 Å². The molecule has 1 fully saturated rings. The van der Waals surface area contributed by atoms with Crippen LogP contribution in [0, 0.1) is 6.92 Å². The molecule has 1 aliphatic heterocycles. The van der Waals surface area contributed by atoms with Crippen LogP contribution in [0.4, 0.5) is 11.6 Å². The molecule has 3 heterocycles. The van der Waals surface area contributed by atoms with Gasteiger partial charge >= 0.3 is 0 Å². The van der Waals surface area contributed by atoms with Crippen LogP contribution < -0.4 is 5.32 Å². The quantitative estimate of drug-likeness (QED) is 0.917. The second-order valence-electron chi connectivity index (χ2n) is 5.03. The molecule has 3 rings (SSSR count). The third-order valence-electron chi connectivity index (χ3n) is 3.52. The molecule has 0 aliphatic carbocycles. The first kappa shape index (κ1) is 12.2. The Bertz CT molecular complexity index is 566. The van der Waals surface area contributed by atoms with E-state index in [-0.39, 0.29) is 0 Å². The number of aromatic nitrogens is 2. The van der Waals surface area contributed by atoms with Gasteiger partial charge in [0.2, 0.25) is 0 Å². The molecule has 1 atom stereocenters. The van der Waals surface area contributed by atoms with Gasteiger partial charge in [-0.15, -0.1) is 0 Å². The molecule has 1 N–H and O–H groups in total. The fraction of sp³-hybridized carbons (Fsp3) is 0.429. The molecule has 19 heavy (non-hydrogen) atoms. The second kappa shape index (κ2) is 5.01. The van der Waals surface area contributed by atoms with E-state index in [1.165, 1.54) is 12.8 Å². The molecule has 0 spiro atoms. The predicted octanol–water partition coefficient (Wildman–Crippen LogP) is 2.89. The van der Waals surface area contributed by atoms with Crippen LogP contribution >= 0.6 is 0 Å². The molecule has 2 aromatic rings. The molecule has 0 saturated carbocycles. The topological polar surface area (TPSA) is 54.2 Å². The lowest BCUT2D eigenvalue weighted by Gasteiger charge is -2.19. The Morgan fingerprint density at radius 3 is 2.95 bits per heavy atom. The smallest absolute Gasteiger partial charge is 0.175 e. The van der Waals surface area contributed by atoms with Crippen molar-refractivity contribution in [2.24, 2.45) is 0 Å². The summed E-state index contributed by atoms with van der Waals surface area (Å²) in [5, 5.41) is 7.09. The van der Waals surface area contributed by atoms with E-state index in [9.17, 15) is 0 Å². The number of nitrogens with one attached hydrogen (secondary N) is 1. The molecule has 100 valence electrons. The lowest BCUT2D eigenvalue weighted by Crippen LogP contribution is -2.18.